The Morgan fingerprint density at radius 3 is 2.80 bits per heavy atom. The molecule has 5 nitrogen and oxygen atoms in total. The second-order valence-electron chi connectivity index (χ2n) is 2.98. The lowest BCUT2D eigenvalue weighted by Gasteiger charge is -2.05. The smallest absolute Gasteiger partial charge is 0.257 e. The van der Waals surface area contributed by atoms with Gasteiger partial charge in [-0.3, -0.25) is 9.78 Å². The molecule has 0 bridgehead atoms. The first-order chi connectivity index (χ1) is 7.26. The van der Waals surface area contributed by atoms with Crippen molar-refractivity contribution < 1.29 is 9.53 Å². The Bertz CT molecular complexity index is 311. The van der Waals surface area contributed by atoms with Crippen LogP contribution in [0.25, 0.3) is 0 Å². The third-order valence-electron chi connectivity index (χ3n) is 1.80. The summed E-state index contributed by atoms with van der Waals surface area (Å²) in [5, 5.41) is 5.47. The number of aromatic nitrogens is 1. The van der Waals surface area contributed by atoms with Gasteiger partial charge >= 0.3 is 0 Å². The second kappa shape index (κ2) is 5.98. The van der Waals surface area contributed by atoms with Crippen molar-refractivity contribution in [1.82, 2.24) is 15.6 Å². The molecule has 0 aliphatic rings. The lowest BCUT2D eigenvalue weighted by molar-refractivity contribution is -0.122. The van der Waals surface area contributed by atoms with Crippen LogP contribution in [0, 0.1) is 0 Å². The van der Waals surface area contributed by atoms with Crippen molar-refractivity contribution in [2.45, 2.75) is 6.54 Å². The van der Waals surface area contributed by atoms with E-state index in [9.17, 15) is 4.79 Å². The van der Waals surface area contributed by atoms with Gasteiger partial charge in [0, 0.05) is 13.6 Å². The number of carbonyl (C=O) groups excluding carboxylic acids is 1. The van der Waals surface area contributed by atoms with Gasteiger partial charge in [0.15, 0.2) is 6.61 Å². The molecule has 1 amide bonds. The number of hydrogen-bond donors (Lipinski definition) is 2. The first-order valence-electron chi connectivity index (χ1n) is 4.69. The molecule has 82 valence electrons. The van der Waals surface area contributed by atoms with E-state index in [0.717, 1.165) is 12.2 Å². The summed E-state index contributed by atoms with van der Waals surface area (Å²) in [5.74, 6) is 0.438. The molecule has 1 aromatic rings. The van der Waals surface area contributed by atoms with Gasteiger partial charge in [0.25, 0.3) is 5.91 Å². The maximum atomic E-state index is 10.9. The number of hydrogen-bond acceptors (Lipinski definition) is 4. The van der Waals surface area contributed by atoms with Crippen molar-refractivity contribution in [1.29, 1.82) is 0 Å². The van der Waals surface area contributed by atoms with Gasteiger partial charge < -0.3 is 15.4 Å². The van der Waals surface area contributed by atoms with Crippen LogP contribution in [0.4, 0.5) is 0 Å². The van der Waals surface area contributed by atoms with Crippen molar-refractivity contribution in [3.8, 4) is 5.75 Å². The highest BCUT2D eigenvalue weighted by atomic mass is 16.5. The van der Waals surface area contributed by atoms with E-state index in [0.29, 0.717) is 5.75 Å². The summed E-state index contributed by atoms with van der Waals surface area (Å²) in [4.78, 5) is 15.0. The number of likely N-dealkylation sites (N-methyl/N-ethyl adjacent to an activating group) is 1. The largest absolute Gasteiger partial charge is 0.482 e. The molecule has 15 heavy (non-hydrogen) atoms. The average Bonchev–Trinajstić information content (AvgIpc) is 2.28. The number of ether oxygens (including phenoxy) is 1. The van der Waals surface area contributed by atoms with Gasteiger partial charge in [-0.05, 0) is 19.2 Å². The summed E-state index contributed by atoms with van der Waals surface area (Å²) in [7, 11) is 3.43. The zero-order valence-electron chi connectivity index (χ0n) is 8.91. The van der Waals surface area contributed by atoms with Crippen LogP contribution in [-0.2, 0) is 11.3 Å². The Balaban J connectivity index is 2.45. The lowest BCUT2D eigenvalue weighted by Crippen LogP contribution is -2.24. The molecule has 2 N–H and O–H groups in total. The minimum atomic E-state index is -0.158. The minimum Gasteiger partial charge on any atom is -0.482 e. The quantitative estimate of drug-likeness (QED) is 0.712. The van der Waals surface area contributed by atoms with E-state index in [-0.39, 0.29) is 12.5 Å². The maximum absolute atomic E-state index is 10.9. The summed E-state index contributed by atoms with van der Waals surface area (Å²) in [6.45, 7) is 0.735. The molecule has 1 heterocycles. The number of nitrogens with one attached hydrogen (secondary N) is 2. The van der Waals surface area contributed by atoms with Crippen molar-refractivity contribution in [3.05, 3.63) is 24.0 Å². The van der Waals surface area contributed by atoms with Gasteiger partial charge in [-0.15, -0.1) is 0 Å². The molecule has 0 aromatic carbocycles. The van der Waals surface area contributed by atoms with E-state index in [1.807, 2.05) is 13.1 Å². The molecular formula is C10H15N3O2. The lowest BCUT2D eigenvalue weighted by atomic mass is 10.3. The molecule has 0 saturated heterocycles. The third kappa shape index (κ3) is 3.95. The fraction of sp³-hybridized carbons (Fsp3) is 0.400. The predicted octanol–water partition coefficient (Wildman–Crippen LogP) is -0.0742. The Labute approximate surface area is 88.9 Å². The molecule has 0 aliphatic heterocycles. The van der Waals surface area contributed by atoms with E-state index in [2.05, 4.69) is 15.6 Å². The zero-order valence-corrected chi connectivity index (χ0v) is 8.91. The maximum Gasteiger partial charge on any atom is 0.257 e. The van der Waals surface area contributed by atoms with Gasteiger partial charge in [0.2, 0.25) is 0 Å². The molecule has 0 unspecified atom stereocenters. The summed E-state index contributed by atoms with van der Waals surface area (Å²) in [6, 6.07) is 3.65. The molecular weight excluding hydrogens is 194 g/mol. The summed E-state index contributed by atoms with van der Waals surface area (Å²) >= 11 is 0. The van der Waals surface area contributed by atoms with Crippen LogP contribution in [0.5, 0.6) is 5.75 Å². The van der Waals surface area contributed by atoms with Crippen LogP contribution < -0.4 is 15.4 Å². The van der Waals surface area contributed by atoms with Gasteiger partial charge in [0.1, 0.15) is 5.75 Å². The van der Waals surface area contributed by atoms with E-state index >= 15 is 0 Å². The molecule has 1 aromatic heterocycles. The second-order valence-corrected chi connectivity index (χ2v) is 2.98. The Kier molecular flexibility index (Phi) is 4.56. The first kappa shape index (κ1) is 11.5. The number of carbonyl (C=O) groups is 1. The standard InChI is InChI=1S/C10H15N3O2/c1-11-5-8-3-4-9(6-13-8)15-7-10(14)12-2/h3-4,6,11H,5,7H2,1-2H3,(H,12,14). The van der Waals surface area contributed by atoms with Gasteiger partial charge in [-0.25, -0.2) is 0 Å². The SMILES string of the molecule is CNCc1ccc(OCC(=O)NC)cn1. The summed E-state index contributed by atoms with van der Waals surface area (Å²) < 4.78 is 5.20. The van der Waals surface area contributed by atoms with Crippen LogP contribution in [-0.4, -0.2) is 31.6 Å². The van der Waals surface area contributed by atoms with Gasteiger partial charge in [-0.1, -0.05) is 0 Å². The Morgan fingerprint density at radius 1 is 1.47 bits per heavy atom. The normalized spacial score (nSPS) is 9.73. The van der Waals surface area contributed by atoms with E-state index in [1.165, 1.54) is 0 Å². The highest BCUT2D eigenvalue weighted by molar-refractivity contribution is 5.77. The van der Waals surface area contributed by atoms with Gasteiger partial charge in [-0.2, -0.15) is 0 Å². The van der Waals surface area contributed by atoms with Crippen LogP contribution in [0.15, 0.2) is 18.3 Å². The Hall–Kier alpha value is -1.62. The third-order valence-corrected chi connectivity index (χ3v) is 1.80. The van der Waals surface area contributed by atoms with Crippen molar-refractivity contribution in [3.63, 3.8) is 0 Å². The molecule has 0 saturated carbocycles. The highest BCUT2D eigenvalue weighted by Gasteiger charge is 2.00. The van der Waals surface area contributed by atoms with Gasteiger partial charge in [0.05, 0.1) is 11.9 Å². The molecule has 0 fully saturated rings. The summed E-state index contributed by atoms with van der Waals surface area (Å²) in [5.41, 5.74) is 0.935. The number of nitrogens with zero attached hydrogens (tertiary/aromatic N) is 1. The molecule has 5 heteroatoms. The summed E-state index contributed by atoms with van der Waals surface area (Å²) in [6.07, 6.45) is 1.61. The molecule has 0 radical (unpaired) electrons. The van der Waals surface area contributed by atoms with Crippen LogP contribution in [0.1, 0.15) is 5.69 Å². The van der Waals surface area contributed by atoms with Crippen molar-refractivity contribution >= 4 is 5.91 Å². The molecule has 1 rings (SSSR count). The van der Waals surface area contributed by atoms with Crippen molar-refractivity contribution in [2.75, 3.05) is 20.7 Å². The Morgan fingerprint density at radius 2 is 2.27 bits per heavy atom. The highest BCUT2D eigenvalue weighted by Crippen LogP contribution is 2.08. The number of rotatable bonds is 5. The average molecular weight is 209 g/mol. The van der Waals surface area contributed by atoms with Crippen molar-refractivity contribution in [2.24, 2.45) is 0 Å². The van der Waals surface area contributed by atoms with E-state index in [1.54, 1.807) is 19.3 Å². The molecule has 0 atom stereocenters. The minimum absolute atomic E-state index is 0.0174. The fourth-order valence-electron chi connectivity index (χ4n) is 1.00. The van der Waals surface area contributed by atoms with Crippen LogP contribution in [0.3, 0.4) is 0 Å². The van der Waals surface area contributed by atoms with Crippen LogP contribution >= 0.6 is 0 Å². The van der Waals surface area contributed by atoms with E-state index in [4.69, 9.17) is 4.74 Å². The fourth-order valence-corrected chi connectivity index (χ4v) is 1.00. The molecule has 0 aliphatic carbocycles. The molecule has 0 spiro atoms. The monoisotopic (exact) mass is 209 g/mol. The predicted molar refractivity (Wildman–Crippen MR) is 56.6 cm³/mol. The number of amides is 1. The van der Waals surface area contributed by atoms with E-state index < -0.39 is 0 Å². The zero-order chi connectivity index (χ0) is 11.1. The van der Waals surface area contributed by atoms with Crippen LogP contribution in [0.2, 0.25) is 0 Å². The number of pyridine rings is 1. The topological polar surface area (TPSA) is 63.2 Å². The first-order valence-corrected chi connectivity index (χ1v) is 4.69.